The fraction of sp³-hybridized carbons (Fsp3) is 0.500. The van der Waals surface area contributed by atoms with Gasteiger partial charge in [0.2, 0.25) is 0 Å². The van der Waals surface area contributed by atoms with Crippen molar-refractivity contribution in [2.45, 2.75) is 51.1 Å². The van der Waals surface area contributed by atoms with E-state index >= 15 is 0 Å². The van der Waals surface area contributed by atoms with Gasteiger partial charge in [0.05, 0.1) is 7.11 Å². The molecule has 31 heavy (non-hydrogen) atoms. The molecule has 1 unspecified atom stereocenters. The average Bonchev–Trinajstić information content (AvgIpc) is 2.74. The summed E-state index contributed by atoms with van der Waals surface area (Å²) in [7, 11) is 1.25. The standard InChI is InChI=1S/C24H30N2O4.ClH/c1-24(2,25)21(23(29)30-3)26-22(28)20-14-12-18(13-15-20)7-5-4-6-17-8-10-19(16-27)11-9-17;/h12-15,17,19,21,27H,8-11,16,25H2,1-3H3,(H,26,28);1H. The van der Waals surface area contributed by atoms with Crippen LogP contribution in [-0.4, -0.2) is 42.3 Å². The maximum absolute atomic E-state index is 12.5. The molecule has 0 saturated heterocycles. The first kappa shape index (κ1) is 26.5. The molecule has 7 heteroatoms. The van der Waals surface area contributed by atoms with Crippen molar-refractivity contribution >= 4 is 24.3 Å². The lowest BCUT2D eigenvalue weighted by Crippen LogP contribution is -2.59. The Morgan fingerprint density at radius 2 is 1.81 bits per heavy atom. The number of benzene rings is 1. The van der Waals surface area contributed by atoms with Crippen LogP contribution in [0, 0.1) is 35.5 Å². The van der Waals surface area contributed by atoms with Gasteiger partial charge >= 0.3 is 5.97 Å². The Morgan fingerprint density at radius 3 is 2.32 bits per heavy atom. The molecule has 0 spiro atoms. The minimum Gasteiger partial charge on any atom is -0.467 e. The molecule has 1 aromatic rings. The largest absolute Gasteiger partial charge is 0.467 e. The van der Waals surface area contributed by atoms with Crippen LogP contribution in [-0.2, 0) is 9.53 Å². The maximum Gasteiger partial charge on any atom is 0.330 e. The SMILES string of the molecule is COC(=O)C(NC(=O)c1ccc(C#CC#CC2CCC(CO)CC2)cc1)C(C)(C)N.Cl. The zero-order valence-electron chi connectivity index (χ0n) is 18.2. The molecule has 1 amide bonds. The highest BCUT2D eigenvalue weighted by Gasteiger charge is 2.34. The van der Waals surface area contributed by atoms with Gasteiger partial charge in [-0.3, -0.25) is 4.79 Å². The number of ether oxygens (including phenoxy) is 1. The molecule has 1 atom stereocenters. The molecule has 2 rings (SSSR count). The number of nitrogens with two attached hydrogens (primary N) is 1. The molecule has 0 aliphatic heterocycles. The van der Waals surface area contributed by atoms with Gasteiger partial charge in [-0.1, -0.05) is 11.8 Å². The number of hydrogen-bond acceptors (Lipinski definition) is 5. The van der Waals surface area contributed by atoms with E-state index in [1.54, 1.807) is 38.1 Å². The minimum absolute atomic E-state index is 0. The van der Waals surface area contributed by atoms with Crippen molar-refractivity contribution in [2.24, 2.45) is 17.6 Å². The van der Waals surface area contributed by atoms with E-state index in [1.807, 2.05) is 0 Å². The van der Waals surface area contributed by atoms with E-state index in [0.717, 1.165) is 31.2 Å². The summed E-state index contributed by atoms with van der Waals surface area (Å²) < 4.78 is 4.73. The number of rotatable bonds is 5. The number of aliphatic hydroxyl groups is 1. The third-order valence-electron chi connectivity index (χ3n) is 5.25. The summed E-state index contributed by atoms with van der Waals surface area (Å²) in [4.78, 5) is 24.4. The predicted molar refractivity (Wildman–Crippen MR) is 122 cm³/mol. The Morgan fingerprint density at radius 1 is 1.19 bits per heavy atom. The van der Waals surface area contributed by atoms with Crippen molar-refractivity contribution in [3.8, 4) is 23.7 Å². The molecule has 1 fully saturated rings. The molecule has 0 radical (unpaired) electrons. The Balaban J connectivity index is 0.00000480. The second-order valence-corrected chi connectivity index (χ2v) is 8.25. The van der Waals surface area contributed by atoms with Crippen LogP contribution in [0.1, 0.15) is 55.5 Å². The van der Waals surface area contributed by atoms with Gasteiger partial charge in [0.1, 0.15) is 6.04 Å². The number of aliphatic hydroxyl groups excluding tert-OH is 1. The highest BCUT2D eigenvalue weighted by Crippen LogP contribution is 2.27. The van der Waals surface area contributed by atoms with Gasteiger partial charge in [-0.05, 0) is 81.6 Å². The number of methoxy groups -OCH3 is 1. The normalized spacial score (nSPS) is 18.7. The molecule has 0 bridgehead atoms. The summed E-state index contributed by atoms with van der Waals surface area (Å²) in [6.45, 7) is 3.56. The molecule has 1 saturated carbocycles. The lowest BCUT2D eigenvalue weighted by atomic mass is 9.83. The molecule has 168 valence electrons. The molecular weight excluding hydrogens is 416 g/mol. The highest BCUT2D eigenvalue weighted by atomic mass is 35.5. The number of hydrogen-bond donors (Lipinski definition) is 3. The van der Waals surface area contributed by atoms with Crippen LogP contribution >= 0.6 is 12.4 Å². The van der Waals surface area contributed by atoms with Gasteiger partial charge in [0, 0.05) is 29.2 Å². The van der Waals surface area contributed by atoms with Crippen LogP contribution in [0.2, 0.25) is 0 Å². The predicted octanol–water partition coefficient (Wildman–Crippen LogP) is 2.27. The van der Waals surface area contributed by atoms with Crippen LogP contribution in [0.5, 0.6) is 0 Å². The highest BCUT2D eigenvalue weighted by molar-refractivity contribution is 5.97. The summed E-state index contributed by atoms with van der Waals surface area (Å²) >= 11 is 0. The summed E-state index contributed by atoms with van der Waals surface area (Å²) in [5, 5.41) is 11.8. The van der Waals surface area contributed by atoms with Crippen molar-refractivity contribution < 1.29 is 19.4 Å². The second-order valence-electron chi connectivity index (χ2n) is 8.25. The van der Waals surface area contributed by atoms with E-state index in [4.69, 9.17) is 10.5 Å². The lowest BCUT2D eigenvalue weighted by molar-refractivity contribution is -0.144. The van der Waals surface area contributed by atoms with Crippen molar-refractivity contribution in [1.29, 1.82) is 0 Å². The van der Waals surface area contributed by atoms with Gasteiger partial charge < -0.3 is 20.9 Å². The zero-order chi connectivity index (χ0) is 22.1. The van der Waals surface area contributed by atoms with Gasteiger partial charge in [-0.15, -0.1) is 12.4 Å². The monoisotopic (exact) mass is 446 g/mol. The number of carbonyl (C=O) groups excluding carboxylic acids is 2. The third kappa shape index (κ3) is 8.26. The second kappa shape index (κ2) is 12.4. The Labute approximate surface area is 190 Å². The first-order chi connectivity index (χ1) is 14.2. The number of amides is 1. The summed E-state index contributed by atoms with van der Waals surface area (Å²) in [5.74, 6) is 11.7. The Bertz CT molecular complexity index is 861. The molecule has 1 aliphatic carbocycles. The summed E-state index contributed by atoms with van der Waals surface area (Å²) in [6, 6.07) is 5.78. The Kier molecular flexibility index (Phi) is 10.6. The number of carbonyl (C=O) groups is 2. The maximum atomic E-state index is 12.5. The summed E-state index contributed by atoms with van der Waals surface area (Å²) in [6.07, 6.45) is 4.06. The van der Waals surface area contributed by atoms with Gasteiger partial charge in [-0.2, -0.15) is 0 Å². The van der Waals surface area contributed by atoms with Crippen molar-refractivity contribution in [1.82, 2.24) is 5.32 Å². The molecule has 0 aromatic heterocycles. The fourth-order valence-corrected chi connectivity index (χ4v) is 3.32. The van der Waals surface area contributed by atoms with Crippen molar-refractivity contribution in [3.63, 3.8) is 0 Å². The van der Waals surface area contributed by atoms with E-state index in [0.29, 0.717) is 17.4 Å². The molecule has 1 aromatic carbocycles. The van der Waals surface area contributed by atoms with Crippen molar-refractivity contribution in [3.05, 3.63) is 35.4 Å². The van der Waals surface area contributed by atoms with Crippen LogP contribution in [0.25, 0.3) is 0 Å². The topological polar surface area (TPSA) is 102 Å². The van der Waals surface area contributed by atoms with Gasteiger partial charge in [0.25, 0.3) is 5.91 Å². The van der Waals surface area contributed by atoms with Crippen LogP contribution in [0.3, 0.4) is 0 Å². The Hall–Kier alpha value is -2.51. The van der Waals surface area contributed by atoms with E-state index in [2.05, 4.69) is 29.0 Å². The van der Waals surface area contributed by atoms with E-state index in [9.17, 15) is 14.7 Å². The van der Waals surface area contributed by atoms with Gasteiger partial charge in [-0.25, -0.2) is 4.79 Å². The lowest BCUT2D eigenvalue weighted by Gasteiger charge is -2.28. The molecule has 0 heterocycles. The van der Waals surface area contributed by atoms with Crippen LogP contribution in [0.15, 0.2) is 24.3 Å². The third-order valence-corrected chi connectivity index (χ3v) is 5.25. The van der Waals surface area contributed by atoms with E-state index in [-0.39, 0.29) is 19.0 Å². The first-order valence-corrected chi connectivity index (χ1v) is 10.1. The van der Waals surface area contributed by atoms with E-state index < -0.39 is 23.5 Å². The molecule has 1 aliphatic rings. The smallest absolute Gasteiger partial charge is 0.330 e. The average molecular weight is 447 g/mol. The number of esters is 1. The molecule has 6 nitrogen and oxygen atoms in total. The zero-order valence-corrected chi connectivity index (χ0v) is 19.1. The minimum atomic E-state index is -0.968. The summed E-state index contributed by atoms with van der Waals surface area (Å²) in [5.41, 5.74) is 6.15. The van der Waals surface area contributed by atoms with Gasteiger partial charge in [0.15, 0.2) is 0 Å². The number of nitrogens with one attached hydrogen (secondary N) is 1. The van der Waals surface area contributed by atoms with Crippen molar-refractivity contribution in [2.75, 3.05) is 13.7 Å². The fourth-order valence-electron chi connectivity index (χ4n) is 3.32. The molecular formula is C24H31ClN2O4. The van der Waals surface area contributed by atoms with E-state index in [1.165, 1.54) is 7.11 Å². The van der Waals surface area contributed by atoms with Crippen LogP contribution in [0.4, 0.5) is 0 Å². The first-order valence-electron chi connectivity index (χ1n) is 10.1. The quantitative estimate of drug-likeness (QED) is 0.475. The van der Waals surface area contributed by atoms with Crippen LogP contribution < -0.4 is 11.1 Å². The number of halogens is 1. The molecule has 4 N–H and O–H groups in total.